The lowest BCUT2D eigenvalue weighted by atomic mass is 10.2. The minimum absolute atomic E-state index is 0.103. The molecule has 4 aromatic rings. The Morgan fingerprint density at radius 3 is 3.00 bits per heavy atom. The van der Waals surface area contributed by atoms with Crippen LogP contribution in [0.1, 0.15) is 16.9 Å². The molecule has 0 radical (unpaired) electrons. The first-order valence-corrected chi connectivity index (χ1v) is 8.25. The van der Waals surface area contributed by atoms with Crippen LogP contribution < -0.4 is 5.69 Å². The lowest BCUT2D eigenvalue weighted by Crippen LogP contribution is -2.17. The van der Waals surface area contributed by atoms with Crippen LogP contribution in [0.2, 0.25) is 0 Å². The van der Waals surface area contributed by atoms with Gasteiger partial charge in [0.15, 0.2) is 11.5 Å². The van der Waals surface area contributed by atoms with Crippen molar-refractivity contribution in [1.82, 2.24) is 19.6 Å². The number of nitrogens with one attached hydrogen (secondary N) is 1. The number of hydrogen-bond donors (Lipinski definition) is 2. The molecule has 0 spiro atoms. The van der Waals surface area contributed by atoms with Crippen molar-refractivity contribution >= 4 is 27.2 Å². The van der Waals surface area contributed by atoms with E-state index < -0.39 is 0 Å². The van der Waals surface area contributed by atoms with Crippen LogP contribution in [-0.2, 0) is 12.8 Å². The number of thiophene rings is 1. The van der Waals surface area contributed by atoms with Crippen LogP contribution in [-0.4, -0.2) is 24.7 Å². The van der Waals surface area contributed by atoms with Gasteiger partial charge in [-0.1, -0.05) is 12.1 Å². The summed E-state index contributed by atoms with van der Waals surface area (Å²) in [6.07, 6.45) is 3.21. The van der Waals surface area contributed by atoms with Crippen molar-refractivity contribution in [2.45, 2.75) is 19.3 Å². The number of aromatic hydroxyl groups is 1. The number of aromatic nitrogens is 4. The van der Waals surface area contributed by atoms with Gasteiger partial charge >= 0.3 is 5.69 Å². The van der Waals surface area contributed by atoms with Crippen molar-refractivity contribution in [1.29, 1.82) is 0 Å². The van der Waals surface area contributed by atoms with Crippen LogP contribution in [0, 0.1) is 0 Å². The third kappa shape index (κ3) is 1.71. The van der Waals surface area contributed by atoms with Gasteiger partial charge in [0.05, 0.1) is 10.9 Å². The van der Waals surface area contributed by atoms with Gasteiger partial charge in [-0.15, -0.1) is 16.4 Å². The van der Waals surface area contributed by atoms with E-state index in [2.05, 4.69) is 15.1 Å². The lowest BCUT2D eigenvalue weighted by molar-refractivity contribution is 0.477. The summed E-state index contributed by atoms with van der Waals surface area (Å²) in [5.74, 6) is 0.464. The minimum Gasteiger partial charge on any atom is -0.507 e. The van der Waals surface area contributed by atoms with Gasteiger partial charge < -0.3 is 5.11 Å². The molecule has 0 bridgehead atoms. The predicted octanol–water partition coefficient (Wildman–Crippen LogP) is 2.49. The number of aromatic amines is 1. The van der Waals surface area contributed by atoms with Crippen molar-refractivity contribution in [3.8, 4) is 17.1 Å². The second-order valence-corrected chi connectivity index (χ2v) is 6.78. The van der Waals surface area contributed by atoms with E-state index in [4.69, 9.17) is 0 Å². The maximum atomic E-state index is 12.3. The average Bonchev–Trinajstić information content (AvgIpc) is 3.20. The van der Waals surface area contributed by atoms with Gasteiger partial charge in [-0.3, -0.25) is 4.98 Å². The van der Waals surface area contributed by atoms with Gasteiger partial charge in [0.1, 0.15) is 10.6 Å². The molecule has 5 rings (SSSR count). The maximum Gasteiger partial charge on any atom is 0.349 e. The van der Waals surface area contributed by atoms with E-state index in [1.807, 2.05) is 6.07 Å². The second kappa shape index (κ2) is 4.42. The van der Waals surface area contributed by atoms with Gasteiger partial charge in [-0.2, -0.15) is 4.52 Å². The highest BCUT2D eigenvalue weighted by atomic mass is 32.1. The summed E-state index contributed by atoms with van der Waals surface area (Å²) in [5.41, 5.74) is 2.07. The fourth-order valence-electron chi connectivity index (χ4n) is 3.27. The highest BCUT2D eigenvalue weighted by Crippen LogP contribution is 2.38. The molecule has 3 heterocycles. The average molecular weight is 324 g/mol. The number of para-hydroxylation sites is 1. The van der Waals surface area contributed by atoms with Gasteiger partial charge in [-0.05, 0) is 37.0 Å². The van der Waals surface area contributed by atoms with E-state index in [9.17, 15) is 9.90 Å². The van der Waals surface area contributed by atoms with Gasteiger partial charge in [0.2, 0.25) is 0 Å². The molecule has 1 aromatic carbocycles. The van der Waals surface area contributed by atoms with Crippen LogP contribution in [0.3, 0.4) is 0 Å². The summed E-state index contributed by atoms with van der Waals surface area (Å²) < 4.78 is 1.30. The first-order valence-electron chi connectivity index (χ1n) is 7.44. The number of H-pyrrole nitrogens is 1. The van der Waals surface area contributed by atoms with Crippen LogP contribution in [0.5, 0.6) is 5.75 Å². The first kappa shape index (κ1) is 12.8. The molecule has 2 N–H and O–H groups in total. The van der Waals surface area contributed by atoms with E-state index >= 15 is 0 Å². The molecule has 23 heavy (non-hydrogen) atoms. The molecule has 1 aliphatic rings. The number of rotatable bonds is 1. The Morgan fingerprint density at radius 2 is 2.13 bits per heavy atom. The molecule has 0 atom stereocenters. The molecule has 1 aliphatic carbocycles. The van der Waals surface area contributed by atoms with Gasteiger partial charge in [-0.25, -0.2) is 9.78 Å². The molecule has 0 saturated heterocycles. The van der Waals surface area contributed by atoms with E-state index in [1.165, 1.54) is 15.0 Å². The van der Waals surface area contributed by atoms with E-state index in [0.717, 1.165) is 29.5 Å². The lowest BCUT2D eigenvalue weighted by Gasteiger charge is -1.97. The number of hydrogen-bond acceptors (Lipinski definition) is 5. The molecule has 0 amide bonds. The summed E-state index contributed by atoms with van der Waals surface area (Å²) in [7, 11) is 0. The Balaban J connectivity index is 1.89. The predicted molar refractivity (Wildman–Crippen MR) is 88.1 cm³/mol. The SMILES string of the molecule is O=c1[nH]c2sc3c(c2c2nc(-c4ccccc4O)nn12)CCC3. The third-order valence-corrected chi connectivity index (χ3v) is 5.52. The summed E-state index contributed by atoms with van der Waals surface area (Å²) >= 11 is 1.64. The first-order chi connectivity index (χ1) is 11.2. The summed E-state index contributed by atoms with van der Waals surface area (Å²) in [6.45, 7) is 0. The topological polar surface area (TPSA) is 83.3 Å². The van der Waals surface area contributed by atoms with Crippen LogP contribution >= 0.6 is 11.3 Å². The number of aryl methyl sites for hydroxylation is 2. The van der Waals surface area contributed by atoms with Crippen molar-refractivity contribution in [2.24, 2.45) is 0 Å². The zero-order valence-electron chi connectivity index (χ0n) is 12.0. The molecule has 7 heteroatoms. The van der Waals surface area contributed by atoms with Crippen LogP contribution in [0.25, 0.3) is 27.3 Å². The van der Waals surface area contributed by atoms with Crippen LogP contribution in [0.4, 0.5) is 0 Å². The van der Waals surface area contributed by atoms with Crippen molar-refractivity contribution in [2.75, 3.05) is 0 Å². The standard InChI is InChI=1S/C16H12N4O2S/c21-10-6-2-1-4-8(10)13-17-14-12-9-5-3-7-11(9)23-15(12)18-16(22)20(14)19-13/h1-2,4,6,21H,3,5,7H2,(H,18,22). The Bertz CT molecular complexity index is 1140. The van der Waals surface area contributed by atoms with Crippen LogP contribution in [0.15, 0.2) is 29.1 Å². The number of nitrogens with zero attached hydrogens (tertiary/aromatic N) is 3. The number of phenols is 1. The normalized spacial score (nSPS) is 13.9. The molecule has 0 fully saturated rings. The van der Waals surface area contributed by atoms with E-state index in [-0.39, 0.29) is 11.4 Å². The summed E-state index contributed by atoms with van der Waals surface area (Å²) in [5, 5.41) is 15.3. The number of fused-ring (bicyclic) bond motifs is 5. The smallest absolute Gasteiger partial charge is 0.349 e. The van der Waals surface area contributed by atoms with Crippen molar-refractivity contribution < 1.29 is 5.11 Å². The van der Waals surface area contributed by atoms with E-state index in [1.54, 1.807) is 29.5 Å². The zero-order chi connectivity index (χ0) is 15.6. The molecule has 114 valence electrons. The second-order valence-electron chi connectivity index (χ2n) is 5.68. The molecule has 6 nitrogen and oxygen atoms in total. The van der Waals surface area contributed by atoms with Crippen molar-refractivity contribution in [3.05, 3.63) is 45.2 Å². The third-order valence-electron chi connectivity index (χ3n) is 4.31. The maximum absolute atomic E-state index is 12.3. The largest absolute Gasteiger partial charge is 0.507 e. The quantitative estimate of drug-likeness (QED) is 0.563. The Labute approximate surface area is 134 Å². The summed E-state index contributed by atoms with van der Waals surface area (Å²) in [6, 6.07) is 6.88. The monoisotopic (exact) mass is 324 g/mol. The number of benzene rings is 1. The van der Waals surface area contributed by atoms with E-state index in [0.29, 0.717) is 17.0 Å². The molecule has 0 saturated carbocycles. The Hall–Kier alpha value is -2.67. The molecule has 3 aromatic heterocycles. The zero-order valence-corrected chi connectivity index (χ0v) is 12.9. The highest BCUT2D eigenvalue weighted by molar-refractivity contribution is 7.19. The molecular formula is C16H12N4O2S. The molecule has 0 aliphatic heterocycles. The minimum atomic E-state index is -0.304. The molecular weight excluding hydrogens is 312 g/mol. The Kier molecular flexibility index (Phi) is 2.47. The van der Waals surface area contributed by atoms with Gasteiger partial charge in [0, 0.05) is 4.88 Å². The number of phenolic OH excluding ortho intramolecular Hbond substituents is 1. The molecule has 0 unspecified atom stereocenters. The van der Waals surface area contributed by atoms with Gasteiger partial charge in [0.25, 0.3) is 0 Å². The fraction of sp³-hybridized carbons (Fsp3) is 0.188. The summed E-state index contributed by atoms with van der Waals surface area (Å²) in [4.78, 5) is 22.0. The highest BCUT2D eigenvalue weighted by Gasteiger charge is 2.23. The fourth-order valence-corrected chi connectivity index (χ4v) is 4.55. The van der Waals surface area contributed by atoms with Crippen molar-refractivity contribution in [3.63, 3.8) is 0 Å². The Morgan fingerprint density at radius 1 is 1.26 bits per heavy atom.